The fourth-order valence-electron chi connectivity index (χ4n) is 8.04. The van der Waals surface area contributed by atoms with E-state index < -0.39 is 11.9 Å². The molecule has 0 bridgehead atoms. The zero-order valence-electron chi connectivity index (χ0n) is 18.2. The topological polar surface area (TPSA) is 74.6 Å². The standard InChI is InChI=1S/C26H36O4/c1-3-4-11-26-13-10-21-20(22(26)8-6-19(26)16-24(29)30)7-5-18-14-17(15-23(27)28)9-12-25(18,21)2/h3,5,14,19-22H,1,4,6-13,15-16H2,2H3,(H,27,28)(H,29,30)/t19?,20-,21+,22+,25+,26-/m1/s1. The van der Waals surface area contributed by atoms with E-state index in [0.717, 1.165) is 56.9 Å². The fraction of sp³-hybridized carbons (Fsp3) is 0.692. The van der Waals surface area contributed by atoms with E-state index in [1.54, 1.807) is 0 Å². The Balaban J connectivity index is 1.63. The molecule has 30 heavy (non-hydrogen) atoms. The van der Waals surface area contributed by atoms with E-state index in [1.165, 1.54) is 12.0 Å². The minimum Gasteiger partial charge on any atom is -0.481 e. The molecule has 1 unspecified atom stereocenters. The second kappa shape index (κ2) is 8.01. The van der Waals surface area contributed by atoms with E-state index in [-0.39, 0.29) is 17.3 Å². The Morgan fingerprint density at radius 3 is 2.67 bits per heavy atom. The molecule has 0 aromatic carbocycles. The van der Waals surface area contributed by atoms with E-state index in [2.05, 4.69) is 25.7 Å². The van der Waals surface area contributed by atoms with Crippen molar-refractivity contribution in [3.8, 4) is 0 Å². The van der Waals surface area contributed by atoms with Gasteiger partial charge in [-0.05, 0) is 97.9 Å². The minimum absolute atomic E-state index is 0.139. The van der Waals surface area contributed by atoms with E-state index in [1.807, 2.05) is 6.08 Å². The van der Waals surface area contributed by atoms with Crippen molar-refractivity contribution in [2.24, 2.45) is 34.5 Å². The average Bonchev–Trinajstić information content (AvgIpc) is 3.04. The number of fused-ring (bicyclic) bond motifs is 5. The molecular formula is C26H36O4. The van der Waals surface area contributed by atoms with Gasteiger partial charge >= 0.3 is 11.9 Å². The number of rotatable bonds is 7. The smallest absolute Gasteiger partial charge is 0.307 e. The monoisotopic (exact) mass is 412 g/mol. The Bertz CT molecular complexity index is 793. The largest absolute Gasteiger partial charge is 0.481 e. The molecule has 2 saturated carbocycles. The van der Waals surface area contributed by atoms with Crippen molar-refractivity contribution in [3.05, 3.63) is 36.0 Å². The first-order valence-corrected chi connectivity index (χ1v) is 11.7. The molecule has 0 radical (unpaired) electrons. The minimum atomic E-state index is -0.737. The Hall–Kier alpha value is -1.84. The van der Waals surface area contributed by atoms with Crippen LogP contribution in [0.3, 0.4) is 0 Å². The molecule has 0 amide bonds. The zero-order chi connectivity index (χ0) is 21.5. The molecule has 0 aliphatic heterocycles. The second-order valence-corrected chi connectivity index (χ2v) is 10.5. The Morgan fingerprint density at radius 1 is 1.17 bits per heavy atom. The number of aliphatic carboxylic acids is 2. The highest BCUT2D eigenvalue weighted by Crippen LogP contribution is 2.67. The second-order valence-electron chi connectivity index (χ2n) is 10.5. The van der Waals surface area contributed by atoms with Gasteiger partial charge in [0.15, 0.2) is 0 Å². The highest BCUT2D eigenvalue weighted by atomic mass is 16.4. The number of hydrogen-bond donors (Lipinski definition) is 2. The van der Waals surface area contributed by atoms with Gasteiger partial charge in [-0.3, -0.25) is 9.59 Å². The number of allylic oxidation sites excluding steroid dienone is 4. The summed E-state index contributed by atoms with van der Waals surface area (Å²) in [7, 11) is 0. The van der Waals surface area contributed by atoms with Gasteiger partial charge in [0.05, 0.1) is 6.42 Å². The van der Waals surface area contributed by atoms with E-state index in [4.69, 9.17) is 0 Å². The third kappa shape index (κ3) is 3.46. The van der Waals surface area contributed by atoms with Crippen LogP contribution < -0.4 is 0 Å². The van der Waals surface area contributed by atoms with Gasteiger partial charge < -0.3 is 10.2 Å². The Morgan fingerprint density at radius 2 is 1.97 bits per heavy atom. The van der Waals surface area contributed by atoms with Gasteiger partial charge in [0.1, 0.15) is 0 Å². The van der Waals surface area contributed by atoms with Crippen LogP contribution in [0.4, 0.5) is 0 Å². The summed E-state index contributed by atoms with van der Waals surface area (Å²) in [5.41, 5.74) is 2.72. The molecular weight excluding hydrogens is 376 g/mol. The third-order valence-electron chi connectivity index (χ3n) is 9.36. The number of carboxylic acids is 2. The van der Waals surface area contributed by atoms with Crippen molar-refractivity contribution in [1.29, 1.82) is 0 Å². The average molecular weight is 413 g/mol. The van der Waals surface area contributed by atoms with E-state index >= 15 is 0 Å². The molecule has 0 aromatic rings. The summed E-state index contributed by atoms with van der Waals surface area (Å²) >= 11 is 0. The van der Waals surface area contributed by atoms with E-state index in [9.17, 15) is 19.8 Å². The molecule has 164 valence electrons. The van der Waals surface area contributed by atoms with Crippen LogP contribution in [-0.2, 0) is 9.59 Å². The van der Waals surface area contributed by atoms with Crippen molar-refractivity contribution in [2.75, 3.05) is 0 Å². The first-order chi connectivity index (χ1) is 14.3. The maximum Gasteiger partial charge on any atom is 0.307 e. The highest BCUT2D eigenvalue weighted by molar-refractivity contribution is 5.70. The lowest BCUT2D eigenvalue weighted by Gasteiger charge is -2.58. The predicted octanol–water partition coefficient (Wildman–Crippen LogP) is 6.00. The highest BCUT2D eigenvalue weighted by Gasteiger charge is 2.59. The van der Waals surface area contributed by atoms with Crippen LogP contribution in [0.1, 0.15) is 77.6 Å². The summed E-state index contributed by atoms with van der Waals surface area (Å²) in [6, 6.07) is 0. The first kappa shape index (κ1) is 21.4. The summed E-state index contributed by atoms with van der Waals surface area (Å²) in [6.45, 7) is 6.35. The van der Waals surface area contributed by atoms with Gasteiger partial charge in [-0.25, -0.2) is 0 Å². The van der Waals surface area contributed by atoms with Crippen molar-refractivity contribution in [1.82, 2.24) is 0 Å². The van der Waals surface area contributed by atoms with Crippen LogP contribution in [0, 0.1) is 34.5 Å². The molecule has 4 heteroatoms. The van der Waals surface area contributed by atoms with Crippen LogP contribution in [0.2, 0.25) is 0 Å². The molecule has 0 aromatic heterocycles. The normalized spacial score (nSPS) is 39.8. The van der Waals surface area contributed by atoms with Gasteiger partial charge in [-0.2, -0.15) is 0 Å². The molecule has 4 aliphatic carbocycles. The quantitative estimate of drug-likeness (QED) is 0.503. The maximum absolute atomic E-state index is 11.6. The fourth-order valence-corrected chi connectivity index (χ4v) is 8.04. The first-order valence-electron chi connectivity index (χ1n) is 11.7. The molecule has 4 rings (SSSR count). The number of hydrogen-bond acceptors (Lipinski definition) is 2. The molecule has 0 heterocycles. The molecule has 0 saturated heterocycles. The number of carboxylic acid groups (broad SMARTS) is 2. The van der Waals surface area contributed by atoms with Crippen molar-refractivity contribution < 1.29 is 19.8 Å². The summed E-state index contributed by atoms with van der Waals surface area (Å²) in [4.78, 5) is 22.8. The lowest BCUT2D eigenvalue weighted by atomic mass is 9.46. The molecule has 6 atom stereocenters. The van der Waals surface area contributed by atoms with Crippen LogP contribution in [0.15, 0.2) is 36.0 Å². The summed E-state index contributed by atoms with van der Waals surface area (Å²) in [5, 5.41) is 18.7. The van der Waals surface area contributed by atoms with Crippen LogP contribution in [0.5, 0.6) is 0 Å². The maximum atomic E-state index is 11.6. The predicted molar refractivity (Wildman–Crippen MR) is 117 cm³/mol. The number of carbonyl (C=O) groups is 2. The SMILES string of the molecule is C=CCC[C@]12CC[C@H]3[C@@H](CC=C4C=C(CC(=O)O)CC[C@@]43C)[C@@H]1CCC2CC(=O)O. The molecule has 2 fully saturated rings. The molecule has 0 spiro atoms. The van der Waals surface area contributed by atoms with Crippen molar-refractivity contribution in [2.45, 2.75) is 77.6 Å². The van der Waals surface area contributed by atoms with Gasteiger partial charge in [0.2, 0.25) is 0 Å². The van der Waals surface area contributed by atoms with Gasteiger partial charge in [-0.1, -0.05) is 30.7 Å². The van der Waals surface area contributed by atoms with Gasteiger partial charge in [0, 0.05) is 6.42 Å². The summed E-state index contributed by atoms with van der Waals surface area (Å²) in [5.74, 6) is 0.782. The summed E-state index contributed by atoms with van der Waals surface area (Å²) in [6.07, 6.45) is 16.6. The molecule has 4 aliphatic rings. The van der Waals surface area contributed by atoms with E-state index in [0.29, 0.717) is 30.1 Å². The molecule has 2 N–H and O–H groups in total. The lowest BCUT2D eigenvalue weighted by molar-refractivity contribution is -0.140. The van der Waals surface area contributed by atoms with Crippen LogP contribution >= 0.6 is 0 Å². The Labute approximate surface area is 180 Å². The van der Waals surface area contributed by atoms with Crippen molar-refractivity contribution >= 4 is 11.9 Å². The molecule has 4 nitrogen and oxygen atoms in total. The van der Waals surface area contributed by atoms with Crippen molar-refractivity contribution in [3.63, 3.8) is 0 Å². The van der Waals surface area contributed by atoms with Gasteiger partial charge in [-0.15, -0.1) is 6.58 Å². The van der Waals surface area contributed by atoms with Crippen LogP contribution in [0.25, 0.3) is 0 Å². The van der Waals surface area contributed by atoms with Crippen LogP contribution in [-0.4, -0.2) is 22.2 Å². The van der Waals surface area contributed by atoms with Gasteiger partial charge in [0.25, 0.3) is 0 Å². The lowest BCUT2D eigenvalue weighted by Crippen LogP contribution is -2.50. The zero-order valence-corrected chi connectivity index (χ0v) is 18.2. The third-order valence-corrected chi connectivity index (χ3v) is 9.36. The Kier molecular flexibility index (Phi) is 5.71. The summed E-state index contributed by atoms with van der Waals surface area (Å²) < 4.78 is 0.